The monoisotopic (exact) mass is 396 g/mol. The quantitative estimate of drug-likeness (QED) is 0.602. The molecule has 1 aliphatic rings. The van der Waals surface area contributed by atoms with E-state index in [0.717, 1.165) is 59.9 Å². The lowest BCUT2D eigenvalue weighted by molar-refractivity contribution is -0.133. The van der Waals surface area contributed by atoms with Crippen LogP contribution in [0.2, 0.25) is 0 Å². The highest BCUT2D eigenvalue weighted by Crippen LogP contribution is 2.33. The van der Waals surface area contributed by atoms with Crippen LogP contribution in [0, 0.1) is 0 Å². The summed E-state index contributed by atoms with van der Waals surface area (Å²) in [4.78, 5) is 16.2. The second-order valence-corrected chi connectivity index (χ2v) is 8.02. The van der Waals surface area contributed by atoms with Gasteiger partial charge in [-0.15, -0.1) is 11.3 Å². The number of hydrogen-bond donors (Lipinski definition) is 0. The number of methoxy groups -OCH3 is 1. The van der Waals surface area contributed by atoms with Crippen LogP contribution in [-0.4, -0.2) is 29.6 Å². The van der Waals surface area contributed by atoms with E-state index in [-0.39, 0.29) is 11.9 Å². The number of hydrogen-bond acceptors (Lipinski definition) is 5. The molecule has 1 atom stereocenters. The standard InChI is InChI=1S/C22H24N2O3S/c1-26-17-10-8-16(9-11-17)14-22(25)24-12-4-2-3-6-19(24)18-15-20(27-23-18)21-7-5-13-28-21/h5,7-11,13,15,19H,2-4,6,12,14H2,1H3. The van der Waals surface area contributed by atoms with Crippen molar-refractivity contribution in [1.29, 1.82) is 0 Å². The zero-order valence-corrected chi connectivity index (χ0v) is 16.8. The number of benzene rings is 1. The molecule has 1 amide bonds. The Morgan fingerprint density at radius 1 is 1.25 bits per heavy atom. The van der Waals surface area contributed by atoms with Crippen LogP contribution >= 0.6 is 11.3 Å². The van der Waals surface area contributed by atoms with Crippen molar-refractivity contribution in [3.8, 4) is 16.4 Å². The summed E-state index contributed by atoms with van der Waals surface area (Å²) in [6, 6.07) is 13.7. The first-order valence-corrected chi connectivity index (χ1v) is 10.6. The van der Waals surface area contributed by atoms with Gasteiger partial charge in [-0.1, -0.05) is 36.2 Å². The average Bonchev–Trinajstić information content (AvgIpc) is 3.36. The SMILES string of the molecule is COc1ccc(CC(=O)N2CCCCCC2c2cc(-c3cccs3)on2)cc1. The molecule has 1 saturated heterocycles. The van der Waals surface area contributed by atoms with Gasteiger partial charge in [0.1, 0.15) is 11.4 Å². The third-order valence-electron chi connectivity index (χ3n) is 5.22. The Balaban J connectivity index is 1.53. The van der Waals surface area contributed by atoms with Crippen LogP contribution in [0.25, 0.3) is 10.6 Å². The Bertz CT molecular complexity index is 902. The zero-order valence-electron chi connectivity index (χ0n) is 16.0. The molecule has 0 spiro atoms. The number of amides is 1. The van der Waals surface area contributed by atoms with Crippen molar-refractivity contribution in [3.63, 3.8) is 0 Å². The highest BCUT2D eigenvalue weighted by Gasteiger charge is 2.29. The van der Waals surface area contributed by atoms with Gasteiger partial charge in [0.05, 0.1) is 24.4 Å². The zero-order chi connectivity index (χ0) is 19.3. The van der Waals surface area contributed by atoms with Gasteiger partial charge in [-0.05, 0) is 42.0 Å². The van der Waals surface area contributed by atoms with E-state index < -0.39 is 0 Å². The molecule has 2 aromatic heterocycles. The fourth-order valence-corrected chi connectivity index (χ4v) is 4.39. The summed E-state index contributed by atoms with van der Waals surface area (Å²) in [7, 11) is 1.64. The molecule has 6 heteroatoms. The van der Waals surface area contributed by atoms with Crippen LogP contribution in [0.15, 0.2) is 52.4 Å². The van der Waals surface area contributed by atoms with E-state index in [1.807, 2.05) is 52.7 Å². The van der Waals surface area contributed by atoms with Crippen LogP contribution in [0.5, 0.6) is 5.75 Å². The van der Waals surface area contributed by atoms with Crippen LogP contribution in [0.3, 0.4) is 0 Å². The Morgan fingerprint density at radius 3 is 2.86 bits per heavy atom. The summed E-state index contributed by atoms with van der Waals surface area (Å²) in [6.45, 7) is 0.765. The number of nitrogens with zero attached hydrogens (tertiary/aromatic N) is 2. The first-order valence-electron chi connectivity index (χ1n) is 9.67. The second-order valence-electron chi connectivity index (χ2n) is 7.07. The summed E-state index contributed by atoms with van der Waals surface area (Å²) in [6.07, 6.45) is 4.57. The van der Waals surface area contributed by atoms with Crippen LogP contribution < -0.4 is 4.74 Å². The minimum Gasteiger partial charge on any atom is -0.497 e. The number of carbonyl (C=O) groups excluding carboxylic acids is 1. The number of ether oxygens (including phenoxy) is 1. The fraction of sp³-hybridized carbons (Fsp3) is 0.364. The molecule has 4 rings (SSSR count). The van der Waals surface area contributed by atoms with Gasteiger partial charge < -0.3 is 14.2 Å². The first kappa shape index (κ1) is 18.7. The first-order chi connectivity index (χ1) is 13.7. The number of carbonyl (C=O) groups is 1. The third kappa shape index (κ3) is 4.12. The topological polar surface area (TPSA) is 55.6 Å². The van der Waals surface area contributed by atoms with Gasteiger partial charge in [0.15, 0.2) is 5.76 Å². The summed E-state index contributed by atoms with van der Waals surface area (Å²) >= 11 is 1.63. The summed E-state index contributed by atoms with van der Waals surface area (Å²) in [5.74, 6) is 1.71. The Labute approximate surface area is 168 Å². The van der Waals surface area contributed by atoms with E-state index >= 15 is 0 Å². The van der Waals surface area contributed by atoms with Gasteiger partial charge in [0.2, 0.25) is 5.91 Å². The molecule has 3 aromatic rings. The van der Waals surface area contributed by atoms with Gasteiger partial charge in [-0.2, -0.15) is 0 Å². The lowest BCUT2D eigenvalue weighted by Gasteiger charge is -2.28. The summed E-state index contributed by atoms with van der Waals surface area (Å²) in [5.41, 5.74) is 1.85. The smallest absolute Gasteiger partial charge is 0.227 e. The van der Waals surface area contributed by atoms with E-state index in [4.69, 9.17) is 9.26 Å². The molecule has 28 heavy (non-hydrogen) atoms. The van der Waals surface area contributed by atoms with E-state index in [1.54, 1.807) is 18.4 Å². The predicted octanol–water partition coefficient (Wildman–Crippen LogP) is 5.10. The molecule has 0 aliphatic carbocycles. The van der Waals surface area contributed by atoms with Crippen LogP contribution in [0.1, 0.15) is 43.0 Å². The number of likely N-dealkylation sites (tertiary alicyclic amines) is 1. The van der Waals surface area contributed by atoms with Crippen molar-refractivity contribution in [2.75, 3.05) is 13.7 Å². The normalized spacial score (nSPS) is 17.3. The number of rotatable bonds is 5. The molecule has 5 nitrogen and oxygen atoms in total. The van der Waals surface area contributed by atoms with Crippen molar-refractivity contribution in [3.05, 3.63) is 59.1 Å². The highest BCUT2D eigenvalue weighted by atomic mass is 32.1. The second kappa shape index (κ2) is 8.61. The van der Waals surface area contributed by atoms with Crippen LogP contribution in [0.4, 0.5) is 0 Å². The maximum atomic E-state index is 13.1. The number of aromatic nitrogens is 1. The molecule has 1 unspecified atom stereocenters. The maximum Gasteiger partial charge on any atom is 0.227 e. The minimum absolute atomic E-state index is 0.0225. The van der Waals surface area contributed by atoms with E-state index in [1.165, 1.54) is 0 Å². The van der Waals surface area contributed by atoms with E-state index in [9.17, 15) is 4.79 Å². The molecule has 1 fully saturated rings. The molecule has 0 radical (unpaired) electrons. The molecular formula is C22H24N2O3S. The lowest BCUT2D eigenvalue weighted by atomic mass is 10.0. The van der Waals surface area contributed by atoms with Crippen molar-refractivity contribution < 1.29 is 14.1 Å². The van der Waals surface area contributed by atoms with Crippen LogP contribution in [-0.2, 0) is 11.2 Å². The molecule has 0 N–H and O–H groups in total. The van der Waals surface area contributed by atoms with Crippen molar-refractivity contribution in [2.24, 2.45) is 0 Å². The largest absolute Gasteiger partial charge is 0.497 e. The van der Waals surface area contributed by atoms with Gasteiger partial charge in [0.25, 0.3) is 0 Å². The van der Waals surface area contributed by atoms with Crippen molar-refractivity contribution in [2.45, 2.75) is 38.1 Å². The van der Waals surface area contributed by atoms with Gasteiger partial charge >= 0.3 is 0 Å². The van der Waals surface area contributed by atoms with Gasteiger partial charge in [-0.25, -0.2) is 0 Å². The molecule has 0 saturated carbocycles. The molecule has 1 aliphatic heterocycles. The Kier molecular flexibility index (Phi) is 5.76. The van der Waals surface area contributed by atoms with Gasteiger partial charge in [0, 0.05) is 12.6 Å². The number of thiophene rings is 1. The predicted molar refractivity (Wildman–Crippen MR) is 109 cm³/mol. The Hall–Kier alpha value is -2.60. The van der Waals surface area contributed by atoms with Gasteiger partial charge in [-0.3, -0.25) is 4.79 Å². The molecular weight excluding hydrogens is 372 g/mol. The van der Waals surface area contributed by atoms with E-state index in [2.05, 4.69) is 5.16 Å². The maximum absolute atomic E-state index is 13.1. The summed E-state index contributed by atoms with van der Waals surface area (Å²) < 4.78 is 10.8. The van der Waals surface area contributed by atoms with Crippen molar-refractivity contribution in [1.82, 2.24) is 10.1 Å². The molecule has 146 valence electrons. The lowest BCUT2D eigenvalue weighted by Crippen LogP contribution is -2.36. The minimum atomic E-state index is -0.0225. The molecule has 3 heterocycles. The summed E-state index contributed by atoms with van der Waals surface area (Å²) in [5, 5.41) is 6.34. The van der Waals surface area contributed by atoms with Crippen molar-refractivity contribution >= 4 is 17.2 Å². The molecule has 0 bridgehead atoms. The molecule has 1 aromatic carbocycles. The van der Waals surface area contributed by atoms with E-state index in [0.29, 0.717) is 6.42 Å². The fourth-order valence-electron chi connectivity index (χ4n) is 3.71. The highest BCUT2D eigenvalue weighted by molar-refractivity contribution is 7.13. The third-order valence-corrected chi connectivity index (χ3v) is 6.11. The Morgan fingerprint density at radius 2 is 2.11 bits per heavy atom. The average molecular weight is 397 g/mol.